The molecule has 1 saturated heterocycles. The van der Waals surface area contributed by atoms with Crippen LogP contribution in [-0.4, -0.2) is 60.3 Å². The molecule has 0 N–H and O–H groups in total. The van der Waals surface area contributed by atoms with Gasteiger partial charge in [-0.2, -0.15) is 0 Å². The Hall–Kier alpha value is -1.79. The van der Waals surface area contributed by atoms with Gasteiger partial charge in [0.15, 0.2) is 0 Å². The van der Waals surface area contributed by atoms with Crippen molar-refractivity contribution in [3.63, 3.8) is 0 Å². The molecule has 2 aromatic rings. The molecule has 6 nitrogen and oxygen atoms in total. The van der Waals surface area contributed by atoms with Crippen molar-refractivity contribution in [2.45, 2.75) is 25.9 Å². The number of nitrogens with zero attached hydrogens (tertiary/aromatic N) is 5. The first-order valence-corrected chi connectivity index (χ1v) is 9.05. The number of hydrogen-bond donors (Lipinski definition) is 0. The summed E-state index contributed by atoms with van der Waals surface area (Å²) in [6.45, 7) is 6.83. The molecule has 4 rings (SSSR count). The fraction of sp³-hybridized carbons (Fsp3) is 0.556. The Morgan fingerprint density at radius 1 is 1.16 bits per heavy atom. The average Bonchev–Trinajstić information content (AvgIpc) is 2.55. The molecule has 0 aliphatic carbocycles. The van der Waals surface area contributed by atoms with Gasteiger partial charge < -0.3 is 9.80 Å². The summed E-state index contributed by atoms with van der Waals surface area (Å²) in [6.07, 6.45) is 0. The van der Waals surface area contributed by atoms with Gasteiger partial charge in [0.2, 0.25) is 0 Å². The molecule has 2 aliphatic rings. The van der Waals surface area contributed by atoms with Crippen LogP contribution in [0.4, 0.5) is 11.4 Å². The van der Waals surface area contributed by atoms with Crippen LogP contribution in [0.2, 0.25) is 5.02 Å². The Morgan fingerprint density at radius 2 is 1.88 bits per heavy atom. The van der Waals surface area contributed by atoms with E-state index in [1.54, 1.807) is 11.6 Å². The SMILES string of the molecule is Cc1nc2c(cc1Cl)c1c(c(=O)n2C)N(C)CC2CN(C)C(C)CN12. The molecule has 1 fully saturated rings. The van der Waals surface area contributed by atoms with Crippen LogP contribution in [-0.2, 0) is 7.05 Å². The van der Waals surface area contributed by atoms with E-state index >= 15 is 0 Å². The third-order valence-corrected chi connectivity index (χ3v) is 6.12. The van der Waals surface area contributed by atoms with E-state index in [1.807, 2.05) is 20.0 Å². The summed E-state index contributed by atoms with van der Waals surface area (Å²) in [5.41, 5.74) is 3.20. The lowest BCUT2D eigenvalue weighted by Gasteiger charge is -2.50. The summed E-state index contributed by atoms with van der Waals surface area (Å²) in [6, 6.07) is 2.76. The lowest BCUT2D eigenvalue weighted by atomic mass is 10.0. The first-order valence-electron chi connectivity index (χ1n) is 8.67. The fourth-order valence-electron chi connectivity index (χ4n) is 4.14. The smallest absolute Gasteiger partial charge is 0.277 e. The Bertz CT molecular complexity index is 924. The topological polar surface area (TPSA) is 44.6 Å². The molecule has 0 aromatic carbocycles. The Balaban J connectivity index is 2.06. The van der Waals surface area contributed by atoms with Crippen LogP contribution in [0.1, 0.15) is 12.6 Å². The highest BCUT2D eigenvalue weighted by molar-refractivity contribution is 6.32. The van der Waals surface area contributed by atoms with E-state index in [2.05, 4.69) is 33.7 Å². The van der Waals surface area contributed by atoms with Crippen LogP contribution in [0.25, 0.3) is 11.0 Å². The Labute approximate surface area is 152 Å². The molecule has 2 unspecified atom stereocenters. The van der Waals surface area contributed by atoms with Crippen molar-refractivity contribution in [2.75, 3.05) is 43.5 Å². The van der Waals surface area contributed by atoms with Gasteiger partial charge in [0.05, 0.1) is 22.4 Å². The number of hydrogen-bond acceptors (Lipinski definition) is 5. The van der Waals surface area contributed by atoms with Crippen molar-refractivity contribution >= 4 is 34.0 Å². The number of aryl methyl sites for hydroxylation is 2. The third-order valence-electron chi connectivity index (χ3n) is 5.74. The van der Waals surface area contributed by atoms with Gasteiger partial charge in [0, 0.05) is 45.2 Å². The summed E-state index contributed by atoms with van der Waals surface area (Å²) in [4.78, 5) is 24.6. The van der Waals surface area contributed by atoms with Crippen molar-refractivity contribution in [3.05, 3.63) is 27.1 Å². The van der Waals surface area contributed by atoms with Gasteiger partial charge in [-0.3, -0.25) is 14.3 Å². The maximum absolute atomic E-state index is 13.1. The Morgan fingerprint density at radius 3 is 2.60 bits per heavy atom. The van der Waals surface area contributed by atoms with E-state index in [4.69, 9.17) is 11.6 Å². The van der Waals surface area contributed by atoms with E-state index in [-0.39, 0.29) is 5.56 Å². The molecule has 2 aliphatic heterocycles. The monoisotopic (exact) mass is 361 g/mol. The summed E-state index contributed by atoms with van der Waals surface area (Å²) in [5, 5.41) is 1.60. The molecule has 0 amide bonds. The van der Waals surface area contributed by atoms with Gasteiger partial charge in [0.1, 0.15) is 11.3 Å². The van der Waals surface area contributed by atoms with Crippen molar-refractivity contribution in [2.24, 2.45) is 7.05 Å². The number of rotatable bonds is 0. The molecule has 2 atom stereocenters. The van der Waals surface area contributed by atoms with Crippen molar-refractivity contribution in [1.29, 1.82) is 0 Å². The van der Waals surface area contributed by atoms with Crippen LogP contribution in [0.15, 0.2) is 10.9 Å². The first kappa shape index (κ1) is 16.7. The van der Waals surface area contributed by atoms with Crippen molar-refractivity contribution < 1.29 is 0 Å². The van der Waals surface area contributed by atoms with E-state index in [9.17, 15) is 4.79 Å². The molecule has 2 aromatic heterocycles. The van der Waals surface area contributed by atoms with Gasteiger partial charge >= 0.3 is 0 Å². The molecule has 25 heavy (non-hydrogen) atoms. The van der Waals surface area contributed by atoms with E-state index in [0.29, 0.717) is 22.8 Å². The normalized spacial score (nSPS) is 23.8. The van der Waals surface area contributed by atoms with Crippen LogP contribution < -0.4 is 15.4 Å². The number of piperazine rings is 1. The summed E-state index contributed by atoms with van der Waals surface area (Å²) in [7, 11) is 5.96. The largest absolute Gasteiger partial charge is 0.366 e. The van der Waals surface area contributed by atoms with Crippen LogP contribution in [0.5, 0.6) is 0 Å². The number of aromatic nitrogens is 2. The highest BCUT2D eigenvalue weighted by Gasteiger charge is 2.38. The molecule has 0 saturated carbocycles. The van der Waals surface area contributed by atoms with Gasteiger partial charge in [-0.15, -0.1) is 0 Å². The molecule has 0 radical (unpaired) electrons. The minimum atomic E-state index is 0.00394. The zero-order valence-electron chi connectivity index (χ0n) is 15.4. The molecule has 134 valence electrons. The van der Waals surface area contributed by atoms with Gasteiger partial charge in [-0.05, 0) is 27.0 Å². The number of anilines is 2. The molecule has 7 heteroatoms. The van der Waals surface area contributed by atoms with E-state index < -0.39 is 0 Å². The Kier molecular flexibility index (Phi) is 3.74. The molecular weight excluding hydrogens is 338 g/mol. The van der Waals surface area contributed by atoms with Crippen LogP contribution >= 0.6 is 11.6 Å². The third kappa shape index (κ3) is 2.34. The zero-order valence-corrected chi connectivity index (χ0v) is 16.1. The molecule has 4 heterocycles. The molecule has 0 bridgehead atoms. The summed E-state index contributed by atoms with van der Waals surface area (Å²) >= 11 is 6.40. The van der Waals surface area contributed by atoms with Crippen molar-refractivity contribution in [1.82, 2.24) is 14.5 Å². The first-order chi connectivity index (χ1) is 11.8. The summed E-state index contributed by atoms with van der Waals surface area (Å²) < 4.78 is 1.65. The standard InChI is InChI=1S/C18H24ClN5O/c1-10-7-24-12(8-21(10)3)9-22(4)16-15(24)13-6-14(19)11(2)20-17(13)23(5)18(16)25/h6,10,12H,7-9H2,1-5H3. The number of likely N-dealkylation sites (N-methyl/N-ethyl adjacent to an activating group) is 2. The number of pyridine rings is 2. The number of halogens is 1. The minimum absolute atomic E-state index is 0.00394. The van der Waals surface area contributed by atoms with E-state index in [1.165, 1.54) is 0 Å². The predicted molar refractivity (Wildman–Crippen MR) is 103 cm³/mol. The van der Waals surface area contributed by atoms with Crippen molar-refractivity contribution in [3.8, 4) is 0 Å². The van der Waals surface area contributed by atoms with Gasteiger partial charge in [0.25, 0.3) is 5.56 Å². The van der Waals surface area contributed by atoms with Crippen LogP contribution in [0, 0.1) is 6.92 Å². The number of fused-ring (bicyclic) bond motifs is 5. The maximum Gasteiger partial charge on any atom is 0.277 e. The zero-order chi connectivity index (χ0) is 18.0. The average molecular weight is 362 g/mol. The lowest BCUT2D eigenvalue weighted by molar-refractivity contribution is 0.199. The van der Waals surface area contributed by atoms with Crippen LogP contribution in [0.3, 0.4) is 0 Å². The lowest BCUT2D eigenvalue weighted by Crippen LogP contribution is -2.62. The molecular formula is C18H24ClN5O. The van der Waals surface area contributed by atoms with Gasteiger partial charge in [-0.1, -0.05) is 11.6 Å². The predicted octanol–water partition coefficient (Wildman–Crippen LogP) is 1.85. The van der Waals surface area contributed by atoms with Gasteiger partial charge in [-0.25, -0.2) is 4.98 Å². The highest BCUT2D eigenvalue weighted by Crippen LogP contribution is 2.40. The second kappa shape index (κ2) is 5.61. The maximum atomic E-state index is 13.1. The fourth-order valence-corrected chi connectivity index (χ4v) is 4.29. The second-order valence-corrected chi connectivity index (χ2v) is 7.87. The highest BCUT2D eigenvalue weighted by atomic mass is 35.5. The quantitative estimate of drug-likeness (QED) is 0.716. The minimum Gasteiger partial charge on any atom is -0.366 e. The second-order valence-electron chi connectivity index (χ2n) is 7.46. The van der Waals surface area contributed by atoms with E-state index in [0.717, 1.165) is 42.1 Å². The summed E-state index contributed by atoms with van der Waals surface area (Å²) in [5.74, 6) is 0. The molecule has 0 spiro atoms.